The van der Waals surface area contributed by atoms with Crippen molar-refractivity contribution in [2.45, 2.75) is 96.5 Å². The topological polar surface area (TPSA) is 78.1 Å². The Labute approximate surface area is 313 Å². The molecular weight excluding hydrogens is 974 g/mol. The monoisotopic (exact) mass is 980 g/mol. The van der Waals surface area contributed by atoms with Gasteiger partial charge in [0.05, 0.1) is 34.6 Å². The smallest absolute Gasteiger partial charge is 0.269 e. The zero-order valence-corrected chi connectivity index (χ0v) is 27.4. The van der Waals surface area contributed by atoms with Gasteiger partial charge in [-0.25, -0.2) is 0 Å². The summed E-state index contributed by atoms with van der Waals surface area (Å²) in [5.41, 5.74) is -10.9. The van der Waals surface area contributed by atoms with Crippen molar-refractivity contribution in [2.75, 3.05) is 0 Å². The molecule has 0 bridgehead atoms. The third-order valence-corrected chi connectivity index (χ3v) is 8.56. The molecule has 6 nitrogen and oxygen atoms in total. The van der Waals surface area contributed by atoms with E-state index in [0.717, 1.165) is 0 Å². The van der Waals surface area contributed by atoms with Crippen LogP contribution in [0.3, 0.4) is 0 Å². The molecule has 2 aromatic heterocycles. The average Bonchev–Trinajstić information content (AvgIpc) is 3.44. The van der Waals surface area contributed by atoms with Crippen LogP contribution in [0.5, 0.6) is 0 Å². The highest BCUT2D eigenvalue weighted by Crippen LogP contribution is 2.64. The van der Waals surface area contributed by atoms with Gasteiger partial charge in [0.15, 0.2) is 0 Å². The lowest BCUT2D eigenvalue weighted by atomic mass is 9.91. The number of rotatable bonds is 14. The minimum Gasteiger partial charge on any atom is -0.269 e. The first kappa shape index (κ1) is 51.7. The van der Waals surface area contributed by atoms with Crippen molar-refractivity contribution < 1.29 is 132 Å². The van der Waals surface area contributed by atoms with Crippen LogP contribution < -0.4 is 22.2 Å². The van der Waals surface area contributed by atoms with Gasteiger partial charge in [-0.05, 0) is 12.1 Å². The zero-order chi connectivity index (χ0) is 49.6. The molecular formula is C26H6F30N2O4. The highest BCUT2D eigenvalue weighted by molar-refractivity contribution is 5.97. The van der Waals surface area contributed by atoms with Crippen LogP contribution in [0.25, 0.3) is 21.5 Å². The summed E-state index contributed by atoms with van der Waals surface area (Å²) in [7, 11) is 0. The van der Waals surface area contributed by atoms with Gasteiger partial charge in [0.25, 0.3) is 22.2 Å². The van der Waals surface area contributed by atoms with Crippen LogP contribution in [-0.2, 0) is 13.1 Å². The second-order valence-electron chi connectivity index (χ2n) is 12.5. The summed E-state index contributed by atoms with van der Waals surface area (Å²) in [6.45, 7) is -7.65. The molecule has 36 heteroatoms. The highest BCUT2D eigenvalue weighted by Gasteiger charge is 2.95. The molecule has 0 amide bonds. The van der Waals surface area contributed by atoms with Crippen molar-refractivity contribution in [1.29, 1.82) is 0 Å². The Morgan fingerprint density at radius 2 is 0.435 bits per heavy atom. The minimum atomic E-state index is -8.84. The van der Waals surface area contributed by atoms with Crippen LogP contribution in [0, 0.1) is 0 Å². The molecule has 3 aromatic rings. The molecule has 0 saturated heterocycles. The molecule has 2 heterocycles. The Hall–Kier alpha value is -4.60. The molecule has 1 aromatic carbocycles. The number of hydrogen-bond donors (Lipinski definition) is 0. The van der Waals surface area contributed by atoms with Gasteiger partial charge in [-0.15, -0.1) is 0 Å². The molecule has 0 saturated carbocycles. The Kier molecular flexibility index (Phi) is 11.2. The van der Waals surface area contributed by atoms with Gasteiger partial charge in [-0.1, -0.05) is 0 Å². The van der Waals surface area contributed by atoms with E-state index in [4.69, 9.17) is 0 Å². The number of benzene rings is 1. The molecule has 0 radical (unpaired) electrons. The van der Waals surface area contributed by atoms with E-state index in [2.05, 4.69) is 0 Å². The number of aromatic nitrogens is 2. The quantitative estimate of drug-likeness (QED) is 0.152. The maximum Gasteiger partial charge on any atom is 0.460 e. The predicted molar refractivity (Wildman–Crippen MR) is 136 cm³/mol. The second kappa shape index (κ2) is 13.5. The number of fused-ring (bicyclic) bond motifs is 2. The van der Waals surface area contributed by atoms with Crippen LogP contribution >= 0.6 is 0 Å². The summed E-state index contributed by atoms with van der Waals surface area (Å²) < 4.78 is 403. The molecule has 62 heavy (non-hydrogen) atoms. The normalized spacial score (nSPS) is 16.0. The molecule has 0 aliphatic carbocycles. The molecule has 0 aliphatic rings. The van der Waals surface area contributed by atoms with Gasteiger partial charge < -0.3 is 0 Å². The Morgan fingerprint density at radius 3 is 0.613 bits per heavy atom. The van der Waals surface area contributed by atoms with Crippen molar-refractivity contribution in [2.24, 2.45) is 0 Å². The van der Waals surface area contributed by atoms with Gasteiger partial charge in [0, 0.05) is 0 Å². The largest absolute Gasteiger partial charge is 0.460 e. The van der Waals surface area contributed by atoms with E-state index >= 15 is 0 Å². The lowest BCUT2D eigenvalue weighted by Gasteiger charge is -2.41. The molecule has 0 atom stereocenters. The summed E-state index contributed by atoms with van der Waals surface area (Å²) in [4.78, 5) is 50.3. The van der Waals surface area contributed by atoms with Crippen molar-refractivity contribution in [3.05, 3.63) is 53.5 Å². The minimum absolute atomic E-state index is 0.456. The van der Waals surface area contributed by atoms with E-state index in [0.29, 0.717) is 0 Å². The average molecular weight is 980 g/mol. The first-order chi connectivity index (χ1) is 26.8. The first-order valence-electron chi connectivity index (χ1n) is 14.4. The fourth-order valence-corrected chi connectivity index (χ4v) is 4.95. The molecule has 0 spiro atoms. The van der Waals surface area contributed by atoms with Crippen molar-refractivity contribution in [1.82, 2.24) is 9.13 Å². The first-order valence-corrected chi connectivity index (χ1v) is 14.4. The van der Waals surface area contributed by atoms with Crippen LogP contribution in [0.15, 0.2) is 31.3 Å². The fourth-order valence-electron chi connectivity index (χ4n) is 4.95. The van der Waals surface area contributed by atoms with E-state index < -0.39 is 162 Å². The fraction of sp³-hybridized carbons (Fsp3) is 0.615. The van der Waals surface area contributed by atoms with E-state index in [9.17, 15) is 151 Å². The number of alkyl halides is 30. The van der Waals surface area contributed by atoms with Gasteiger partial charge >= 0.3 is 83.4 Å². The van der Waals surface area contributed by atoms with Crippen LogP contribution in [0.1, 0.15) is 0 Å². The van der Waals surface area contributed by atoms with Gasteiger partial charge in [0.1, 0.15) is 0 Å². The van der Waals surface area contributed by atoms with Crippen LogP contribution in [-0.4, -0.2) is 92.6 Å². The van der Waals surface area contributed by atoms with E-state index in [1.807, 2.05) is 0 Å². The molecule has 0 N–H and O–H groups in total. The van der Waals surface area contributed by atoms with E-state index in [-0.39, 0.29) is 0 Å². The van der Waals surface area contributed by atoms with E-state index in [1.54, 1.807) is 0 Å². The molecule has 0 fully saturated rings. The summed E-state index contributed by atoms with van der Waals surface area (Å²) in [6.07, 6.45) is -16.0. The number of hydrogen-bond acceptors (Lipinski definition) is 4. The Bertz CT molecular complexity index is 2210. The summed E-state index contributed by atoms with van der Waals surface area (Å²) >= 11 is 0. The highest BCUT2D eigenvalue weighted by atomic mass is 19.4. The van der Waals surface area contributed by atoms with Crippen LogP contribution in [0.4, 0.5) is 132 Å². The van der Waals surface area contributed by atoms with E-state index in [1.165, 1.54) is 0 Å². The van der Waals surface area contributed by atoms with Crippen molar-refractivity contribution in [3.63, 3.8) is 0 Å². The standard InChI is InChI=1S/C26H6F30N2O4/c27-13(28,15(31,32)17(35,36)19(39,40)21(43,44)23(47,48)25(51,52)53)3-57-9(59)5-1-6-8(2-7(5)11(57)61)12(62)58(10(6)60)4-14(29,30)16(33,34)18(37,38)20(41,42)22(45,46)24(49,50)26(54,55)56/h1-2H,3-4H2. The number of halogens is 30. The number of nitrogens with zero attached hydrogens (tertiary/aromatic N) is 2. The Balaban J connectivity index is 2.17. The lowest BCUT2D eigenvalue weighted by molar-refractivity contribution is -0.453. The maximum absolute atomic E-state index is 14.5. The lowest BCUT2D eigenvalue weighted by Crippen LogP contribution is -2.73. The van der Waals surface area contributed by atoms with Gasteiger partial charge in [0.2, 0.25) is 0 Å². The SMILES string of the molecule is O=c1c2cc3c(=O)n(CC(F)(F)C(F)(F)C(F)(F)C(F)(F)C(F)(F)C(F)(F)C(F)(F)F)c(=O)c3cc2c(=O)n1CC(F)(F)C(F)(F)C(F)(F)C(F)(F)C(F)(F)C(F)(F)C(F)(F)F. The predicted octanol–water partition coefficient (Wildman–Crippen LogP) is 8.66. The third-order valence-electron chi connectivity index (χ3n) is 8.56. The summed E-state index contributed by atoms with van der Waals surface area (Å²) in [5.74, 6) is -101. The van der Waals surface area contributed by atoms with Crippen molar-refractivity contribution >= 4 is 21.5 Å². The van der Waals surface area contributed by atoms with Gasteiger partial charge in [-0.3, -0.25) is 28.3 Å². The second-order valence-corrected chi connectivity index (χ2v) is 12.5. The molecule has 0 unspecified atom stereocenters. The van der Waals surface area contributed by atoms with Crippen molar-refractivity contribution in [3.8, 4) is 0 Å². The molecule has 354 valence electrons. The molecule has 3 rings (SSSR count). The van der Waals surface area contributed by atoms with Crippen LogP contribution in [0.2, 0.25) is 0 Å². The third kappa shape index (κ3) is 6.29. The van der Waals surface area contributed by atoms with Gasteiger partial charge in [-0.2, -0.15) is 132 Å². The summed E-state index contributed by atoms with van der Waals surface area (Å²) in [5, 5.41) is -7.44. The zero-order valence-electron chi connectivity index (χ0n) is 27.4. The maximum atomic E-state index is 14.5. The summed E-state index contributed by atoms with van der Waals surface area (Å²) in [6, 6.07) is -0.911. The molecule has 0 aliphatic heterocycles. The Morgan fingerprint density at radius 1 is 0.274 bits per heavy atom.